The fourth-order valence-electron chi connectivity index (χ4n) is 3.72. The first kappa shape index (κ1) is 21.4. The monoisotopic (exact) mass is 437 g/mol. The van der Waals surface area contributed by atoms with Gasteiger partial charge in [0, 0.05) is 18.8 Å². The highest BCUT2D eigenvalue weighted by Gasteiger charge is 2.22. The van der Waals surface area contributed by atoms with Crippen LogP contribution in [0, 0.1) is 25.5 Å². The highest BCUT2D eigenvalue weighted by molar-refractivity contribution is 6.02. The third-order valence-electron chi connectivity index (χ3n) is 5.30. The molecule has 0 aliphatic carbocycles. The third kappa shape index (κ3) is 3.67. The Bertz CT molecular complexity index is 1370. The van der Waals surface area contributed by atoms with Crippen molar-refractivity contribution < 1.29 is 18.7 Å². The third-order valence-corrected chi connectivity index (χ3v) is 5.30. The van der Waals surface area contributed by atoms with Gasteiger partial charge in [-0.15, -0.1) is 0 Å². The van der Waals surface area contributed by atoms with Crippen molar-refractivity contribution in [3.63, 3.8) is 0 Å². The van der Waals surface area contributed by atoms with Crippen molar-refractivity contribution in [1.82, 2.24) is 14.5 Å². The van der Waals surface area contributed by atoms with E-state index in [9.17, 15) is 14.3 Å². The van der Waals surface area contributed by atoms with E-state index in [-0.39, 0.29) is 16.8 Å². The average molecular weight is 437 g/mol. The van der Waals surface area contributed by atoms with E-state index < -0.39 is 23.6 Å². The number of amides is 1. The Morgan fingerprint density at radius 2 is 1.91 bits per heavy atom. The Hall–Kier alpha value is -3.85. The van der Waals surface area contributed by atoms with E-state index in [1.807, 2.05) is 7.05 Å². The molecular weight excluding hydrogens is 416 g/mol. The molecule has 0 fully saturated rings. The van der Waals surface area contributed by atoms with Crippen LogP contribution in [0.1, 0.15) is 23.1 Å². The number of anilines is 2. The standard InChI is InChI=1S/C23H21F2N5O2/c1-11-15(16-10-30(3)22-18(16)21(26)27-12(2)28-22)7-8-17(19(11)25)29-23(32)20(31)13-5-4-6-14(24)9-13/h4-10,20,31H,1-3H3,(H,29,32)(H2,26,27,28). The van der Waals surface area contributed by atoms with Gasteiger partial charge in [-0.3, -0.25) is 4.79 Å². The second kappa shape index (κ2) is 8.01. The number of carbonyl (C=O) groups is 1. The molecule has 1 unspecified atom stereocenters. The summed E-state index contributed by atoms with van der Waals surface area (Å²) in [5, 5.41) is 13.2. The molecule has 2 heterocycles. The first-order chi connectivity index (χ1) is 15.2. The van der Waals surface area contributed by atoms with Crippen molar-refractivity contribution in [2.75, 3.05) is 11.1 Å². The number of aromatic nitrogens is 3. The van der Waals surface area contributed by atoms with Crippen molar-refractivity contribution in [3.05, 3.63) is 71.2 Å². The molecule has 2 aromatic carbocycles. The van der Waals surface area contributed by atoms with Crippen LogP contribution in [0.2, 0.25) is 0 Å². The Balaban J connectivity index is 1.69. The fourth-order valence-corrected chi connectivity index (χ4v) is 3.72. The minimum Gasteiger partial charge on any atom is -0.383 e. The number of aliphatic hydroxyl groups is 1. The molecule has 4 aromatic rings. The molecule has 0 bridgehead atoms. The molecule has 4 rings (SSSR count). The minimum absolute atomic E-state index is 0.0674. The molecule has 1 atom stereocenters. The smallest absolute Gasteiger partial charge is 0.257 e. The summed E-state index contributed by atoms with van der Waals surface area (Å²) in [6.07, 6.45) is 0.145. The van der Waals surface area contributed by atoms with Gasteiger partial charge in [0.1, 0.15) is 28.9 Å². The molecule has 0 saturated carbocycles. The van der Waals surface area contributed by atoms with Crippen LogP contribution in [0.25, 0.3) is 22.2 Å². The summed E-state index contributed by atoms with van der Waals surface area (Å²) in [5.41, 5.74) is 8.21. The normalized spacial score (nSPS) is 12.2. The Labute approximate surface area is 182 Å². The number of nitrogens with one attached hydrogen (secondary N) is 1. The summed E-state index contributed by atoms with van der Waals surface area (Å²) >= 11 is 0. The Morgan fingerprint density at radius 1 is 1.16 bits per heavy atom. The maximum atomic E-state index is 15.2. The molecular formula is C23H21F2N5O2. The van der Waals surface area contributed by atoms with Gasteiger partial charge in [-0.05, 0) is 48.7 Å². The number of rotatable bonds is 4. The van der Waals surface area contributed by atoms with Crippen molar-refractivity contribution >= 4 is 28.4 Å². The summed E-state index contributed by atoms with van der Waals surface area (Å²) in [4.78, 5) is 21.0. The molecule has 0 saturated heterocycles. The number of nitrogens with zero attached hydrogens (tertiary/aromatic N) is 3. The highest BCUT2D eigenvalue weighted by atomic mass is 19.1. The van der Waals surface area contributed by atoms with Crippen LogP contribution in [0.3, 0.4) is 0 Å². The summed E-state index contributed by atoms with van der Waals surface area (Å²) in [6.45, 7) is 3.32. The van der Waals surface area contributed by atoms with Crippen LogP contribution in [-0.2, 0) is 11.8 Å². The van der Waals surface area contributed by atoms with Gasteiger partial charge in [-0.1, -0.05) is 18.2 Å². The molecule has 0 spiro atoms. The van der Waals surface area contributed by atoms with Crippen molar-refractivity contribution in [2.45, 2.75) is 20.0 Å². The molecule has 9 heteroatoms. The lowest BCUT2D eigenvalue weighted by molar-refractivity contribution is -0.124. The van der Waals surface area contributed by atoms with E-state index in [1.165, 1.54) is 24.3 Å². The molecule has 0 radical (unpaired) electrons. The first-order valence-corrected chi connectivity index (χ1v) is 9.80. The van der Waals surface area contributed by atoms with E-state index in [0.29, 0.717) is 33.8 Å². The average Bonchev–Trinajstić information content (AvgIpc) is 3.07. The summed E-state index contributed by atoms with van der Waals surface area (Å²) in [6, 6.07) is 8.08. The first-order valence-electron chi connectivity index (χ1n) is 9.80. The highest BCUT2D eigenvalue weighted by Crippen LogP contribution is 2.36. The topological polar surface area (TPSA) is 106 Å². The molecule has 2 aromatic heterocycles. The van der Waals surface area contributed by atoms with E-state index >= 15 is 4.39 Å². The molecule has 164 valence electrons. The zero-order chi connectivity index (χ0) is 23.2. The predicted molar refractivity (Wildman–Crippen MR) is 118 cm³/mol. The van der Waals surface area contributed by atoms with Gasteiger partial charge in [0.25, 0.3) is 5.91 Å². The Kier molecular flexibility index (Phi) is 5.35. The van der Waals surface area contributed by atoms with Crippen LogP contribution in [0.4, 0.5) is 20.3 Å². The summed E-state index contributed by atoms with van der Waals surface area (Å²) < 4.78 is 30.4. The lowest BCUT2D eigenvalue weighted by Gasteiger charge is -2.15. The van der Waals surface area contributed by atoms with Crippen molar-refractivity contribution in [2.24, 2.45) is 7.05 Å². The molecule has 7 nitrogen and oxygen atoms in total. The molecule has 32 heavy (non-hydrogen) atoms. The van der Waals surface area contributed by atoms with Gasteiger partial charge in [0.2, 0.25) is 0 Å². The molecule has 0 aliphatic heterocycles. The quantitative estimate of drug-likeness (QED) is 0.451. The van der Waals surface area contributed by atoms with Gasteiger partial charge >= 0.3 is 0 Å². The van der Waals surface area contributed by atoms with Crippen LogP contribution < -0.4 is 11.1 Å². The SMILES string of the molecule is Cc1nc(N)c2c(-c3ccc(NC(=O)C(O)c4cccc(F)c4)c(F)c3C)cn(C)c2n1. The van der Waals surface area contributed by atoms with Gasteiger partial charge in [0.05, 0.1) is 11.1 Å². The summed E-state index contributed by atoms with van der Waals surface area (Å²) in [5.74, 6) is -1.31. The molecule has 1 amide bonds. The number of halogens is 2. The Morgan fingerprint density at radius 3 is 2.62 bits per heavy atom. The zero-order valence-electron chi connectivity index (χ0n) is 17.6. The van der Waals surface area contributed by atoms with E-state index in [1.54, 1.807) is 30.7 Å². The van der Waals surface area contributed by atoms with Crippen molar-refractivity contribution in [1.29, 1.82) is 0 Å². The number of benzene rings is 2. The van der Waals surface area contributed by atoms with E-state index in [0.717, 1.165) is 6.07 Å². The number of fused-ring (bicyclic) bond motifs is 1. The number of aryl methyl sites for hydroxylation is 2. The number of hydrogen-bond acceptors (Lipinski definition) is 5. The summed E-state index contributed by atoms with van der Waals surface area (Å²) in [7, 11) is 1.81. The maximum Gasteiger partial charge on any atom is 0.257 e. The van der Waals surface area contributed by atoms with Gasteiger partial charge in [0.15, 0.2) is 6.10 Å². The van der Waals surface area contributed by atoms with E-state index in [2.05, 4.69) is 15.3 Å². The maximum absolute atomic E-state index is 15.2. The minimum atomic E-state index is -1.65. The second-order valence-corrected chi connectivity index (χ2v) is 7.55. The molecule has 4 N–H and O–H groups in total. The predicted octanol–water partition coefficient (Wildman–Crippen LogP) is 3.78. The van der Waals surface area contributed by atoms with Crippen LogP contribution in [0.5, 0.6) is 0 Å². The van der Waals surface area contributed by atoms with Crippen LogP contribution >= 0.6 is 0 Å². The van der Waals surface area contributed by atoms with Gasteiger partial charge < -0.3 is 20.7 Å². The number of hydrogen-bond donors (Lipinski definition) is 3. The second-order valence-electron chi connectivity index (χ2n) is 7.55. The van der Waals surface area contributed by atoms with E-state index in [4.69, 9.17) is 5.73 Å². The van der Waals surface area contributed by atoms with Gasteiger partial charge in [-0.2, -0.15) is 0 Å². The fraction of sp³-hybridized carbons (Fsp3) is 0.174. The largest absolute Gasteiger partial charge is 0.383 e. The van der Waals surface area contributed by atoms with Crippen LogP contribution in [-0.4, -0.2) is 25.5 Å². The number of aliphatic hydroxyl groups excluding tert-OH is 1. The number of nitrogens with two attached hydrogens (primary N) is 1. The van der Waals surface area contributed by atoms with Gasteiger partial charge in [-0.25, -0.2) is 18.7 Å². The number of nitrogen functional groups attached to an aromatic ring is 1. The lowest BCUT2D eigenvalue weighted by Crippen LogP contribution is -2.21. The van der Waals surface area contributed by atoms with Crippen LogP contribution in [0.15, 0.2) is 42.6 Å². The molecule has 0 aliphatic rings. The number of carbonyl (C=O) groups excluding carboxylic acids is 1. The lowest BCUT2D eigenvalue weighted by atomic mass is 9.99. The zero-order valence-corrected chi connectivity index (χ0v) is 17.6. The van der Waals surface area contributed by atoms with Crippen molar-refractivity contribution in [3.8, 4) is 11.1 Å².